The van der Waals surface area contributed by atoms with Gasteiger partial charge in [0.1, 0.15) is 6.07 Å². The standard InChI is InChI=1S/C9H11NO/c1-2-11-9(8-10)6-4-3-5-7-9/h3-6H,2,7H2,1H3. The second-order valence-corrected chi connectivity index (χ2v) is 2.43. The lowest BCUT2D eigenvalue weighted by Crippen LogP contribution is -2.28. The minimum absolute atomic E-state index is 0.575. The van der Waals surface area contributed by atoms with Crippen LogP contribution in [0.15, 0.2) is 24.3 Å². The van der Waals surface area contributed by atoms with E-state index in [4.69, 9.17) is 10.00 Å². The first-order valence-electron chi connectivity index (χ1n) is 3.72. The van der Waals surface area contributed by atoms with Crippen molar-refractivity contribution >= 4 is 0 Å². The molecule has 58 valence electrons. The molecule has 0 heterocycles. The molecule has 0 bridgehead atoms. The summed E-state index contributed by atoms with van der Waals surface area (Å²) in [5.41, 5.74) is -0.691. The summed E-state index contributed by atoms with van der Waals surface area (Å²) >= 11 is 0. The molecule has 0 fully saturated rings. The van der Waals surface area contributed by atoms with E-state index in [1.807, 2.05) is 25.2 Å². The van der Waals surface area contributed by atoms with Crippen molar-refractivity contribution in [1.29, 1.82) is 5.26 Å². The van der Waals surface area contributed by atoms with Gasteiger partial charge in [0.05, 0.1) is 0 Å². The quantitative estimate of drug-likeness (QED) is 0.599. The molecule has 0 radical (unpaired) electrons. The summed E-state index contributed by atoms with van der Waals surface area (Å²) in [7, 11) is 0. The molecular weight excluding hydrogens is 138 g/mol. The van der Waals surface area contributed by atoms with Crippen molar-refractivity contribution in [3.8, 4) is 6.07 Å². The smallest absolute Gasteiger partial charge is 0.176 e. The Bertz CT molecular complexity index is 224. The molecule has 0 aromatic rings. The normalized spacial score (nSPS) is 28.4. The summed E-state index contributed by atoms with van der Waals surface area (Å²) in [6.45, 7) is 2.47. The van der Waals surface area contributed by atoms with Crippen LogP contribution in [-0.4, -0.2) is 12.2 Å². The molecule has 1 aliphatic carbocycles. The Kier molecular flexibility index (Phi) is 2.45. The number of nitrogens with zero attached hydrogens (tertiary/aromatic N) is 1. The van der Waals surface area contributed by atoms with Crippen LogP contribution in [0.3, 0.4) is 0 Å². The first kappa shape index (κ1) is 8.03. The zero-order valence-corrected chi connectivity index (χ0v) is 6.58. The average molecular weight is 149 g/mol. The Morgan fingerprint density at radius 1 is 1.64 bits per heavy atom. The number of nitriles is 1. The molecule has 0 aromatic heterocycles. The van der Waals surface area contributed by atoms with E-state index in [9.17, 15) is 0 Å². The zero-order valence-electron chi connectivity index (χ0n) is 6.58. The third-order valence-corrected chi connectivity index (χ3v) is 1.62. The fourth-order valence-corrected chi connectivity index (χ4v) is 1.08. The van der Waals surface area contributed by atoms with Crippen LogP contribution in [0.2, 0.25) is 0 Å². The minimum Gasteiger partial charge on any atom is -0.356 e. The maximum Gasteiger partial charge on any atom is 0.176 e. The van der Waals surface area contributed by atoms with Crippen LogP contribution in [0, 0.1) is 11.3 Å². The van der Waals surface area contributed by atoms with Gasteiger partial charge >= 0.3 is 0 Å². The Morgan fingerprint density at radius 2 is 2.45 bits per heavy atom. The van der Waals surface area contributed by atoms with Crippen molar-refractivity contribution in [2.75, 3.05) is 6.61 Å². The lowest BCUT2D eigenvalue weighted by Gasteiger charge is -2.22. The molecule has 0 aliphatic heterocycles. The molecule has 1 aliphatic rings. The lowest BCUT2D eigenvalue weighted by atomic mass is 9.97. The molecule has 11 heavy (non-hydrogen) atoms. The highest BCUT2D eigenvalue weighted by Crippen LogP contribution is 2.20. The molecule has 1 unspecified atom stereocenters. The van der Waals surface area contributed by atoms with Crippen molar-refractivity contribution in [2.45, 2.75) is 18.9 Å². The fourth-order valence-electron chi connectivity index (χ4n) is 1.08. The second-order valence-electron chi connectivity index (χ2n) is 2.43. The molecule has 0 saturated heterocycles. The largest absolute Gasteiger partial charge is 0.356 e. The van der Waals surface area contributed by atoms with E-state index < -0.39 is 5.60 Å². The Morgan fingerprint density at radius 3 is 2.91 bits per heavy atom. The molecule has 2 heteroatoms. The number of rotatable bonds is 2. The molecule has 0 N–H and O–H groups in total. The summed E-state index contributed by atoms with van der Waals surface area (Å²) in [6.07, 6.45) is 8.18. The van der Waals surface area contributed by atoms with Crippen LogP contribution in [-0.2, 0) is 4.74 Å². The molecule has 1 rings (SSSR count). The molecule has 0 aromatic carbocycles. The van der Waals surface area contributed by atoms with Gasteiger partial charge in [-0.15, -0.1) is 0 Å². The Hall–Kier alpha value is -1.07. The first-order chi connectivity index (χ1) is 5.33. The van der Waals surface area contributed by atoms with Gasteiger partial charge in [0.15, 0.2) is 5.60 Å². The van der Waals surface area contributed by atoms with Gasteiger partial charge in [0, 0.05) is 13.0 Å². The van der Waals surface area contributed by atoms with Crippen LogP contribution < -0.4 is 0 Å². The van der Waals surface area contributed by atoms with Crippen molar-refractivity contribution in [3.63, 3.8) is 0 Å². The van der Waals surface area contributed by atoms with Crippen LogP contribution in [0.4, 0.5) is 0 Å². The summed E-state index contributed by atoms with van der Waals surface area (Å²) in [5, 5.41) is 8.81. The summed E-state index contributed by atoms with van der Waals surface area (Å²) in [6, 6.07) is 2.16. The van der Waals surface area contributed by atoms with Crippen LogP contribution in [0.1, 0.15) is 13.3 Å². The fraction of sp³-hybridized carbons (Fsp3) is 0.444. The predicted octanol–water partition coefficient (Wildman–Crippen LogP) is 1.80. The van der Waals surface area contributed by atoms with E-state index in [-0.39, 0.29) is 0 Å². The molecule has 0 spiro atoms. The van der Waals surface area contributed by atoms with Gasteiger partial charge in [-0.25, -0.2) is 0 Å². The molecule has 0 amide bonds. The molecule has 2 nitrogen and oxygen atoms in total. The Balaban J connectivity index is 2.70. The van der Waals surface area contributed by atoms with Crippen molar-refractivity contribution < 1.29 is 4.74 Å². The van der Waals surface area contributed by atoms with Gasteiger partial charge in [-0.2, -0.15) is 5.26 Å². The highest BCUT2D eigenvalue weighted by molar-refractivity contribution is 5.26. The highest BCUT2D eigenvalue weighted by atomic mass is 16.5. The topological polar surface area (TPSA) is 33.0 Å². The molecule has 1 atom stereocenters. The Labute approximate surface area is 66.8 Å². The van der Waals surface area contributed by atoms with E-state index in [0.29, 0.717) is 13.0 Å². The van der Waals surface area contributed by atoms with Gasteiger partial charge in [-0.05, 0) is 13.0 Å². The minimum atomic E-state index is -0.691. The van der Waals surface area contributed by atoms with Crippen molar-refractivity contribution in [1.82, 2.24) is 0 Å². The first-order valence-corrected chi connectivity index (χ1v) is 3.72. The van der Waals surface area contributed by atoms with E-state index in [1.54, 1.807) is 6.08 Å². The number of ether oxygens (including phenoxy) is 1. The average Bonchev–Trinajstić information content (AvgIpc) is 2.07. The van der Waals surface area contributed by atoms with Gasteiger partial charge in [-0.1, -0.05) is 18.2 Å². The molecular formula is C9H11NO. The van der Waals surface area contributed by atoms with E-state index >= 15 is 0 Å². The third-order valence-electron chi connectivity index (χ3n) is 1.62. The summed E-state index contributed by atoms with van der Waals surface area (Å²) in [5.74, 6) is 0. The van der Waals surface area contributed by atoms with Crippen LogP contribution in [0.25, 0.3) is 0 Å². The van der Waals surface area contributed by atoms with Gasteiger partial charge < -0.3 is 4.74 Å². The number of hydrogen-bond donors (Lipinski definition) is 0. The zero-order chi connectivity index (χ0) is 8.16. The lowest BCUT2D eigenvalue weighted by molar-refractivity contribution is 0.0439. The maximum absolute atomic E-state index is 8.81. The summed E-state index contributed by atoms with van der Waals surface area (Å²) < 4.78 is 5.32. The monoisotopic (exact) mass is 149 g/mol. The number of hydrogen-bond acceptors (Lipinski definition) is 2. The molecule has 0 saturated carbocycles. The van der Waals surface area contributed by atoms with Crippen molar-refractivity contribution in [2.24, 2.45) is 0 Å². The van der Waals surface area contributed by atoms with E-state index in [2.05, 4.69) is 6.07 Å². The number of allylic oxidation sites excluding steroid dienone is 2. The van der Waals surface area contributed by atoms with Crippen molar-refractivity contribution in [3.05, 3.63) is 24.3 Å². The second kappa shape index (κ2) is 3.36. The third kappa shape index (κ3) is 1.69. The van der Waals surface area contributed by atoms with Crippen LogP contribution in [0.5, 0.6) is 0 Å². The highest BCUT2D eigenvalue weighted by Gasteiger charge is 2.26. The maximum atomic E-state index is 8.81. The summed E-state index contributed by atoms with van der Waals surface area (Å²) in [4.78, 5) is 0. The SMILES string of the molecule is CCOC1(C#N)C=CC=CC1. The van der Waals surface area contributed by atoms with E-state index in [0.717, 1.165) is 0 Å². The van der Waals surface area contributed by atoms with Gasteiger partial charge in [0.25, 0.3) is 0 Å². The van der Waals surface area contributed by atoms with Crippen LogP contribution >= 0.6 is 0 Å². The van der Waals surface area contributed by atoms with E-state index in [1.165, 1.54) is 0 Å². The van der Waals surface area contributed by atoms with Gasteiger partial charge in [0.2, 0.25) is 0 Å². The van der Waals surface area contributed by atoms with Gasteiger partial charge in [-0.3, -0.25) is 0 Å². The predicted molar refractivity (Wildman–Crippen MR) is 42.9 cm³/mol.